The summed E-state index contributed by atoms with van der Waals surface area (Å²) in [4.78, 5) is 23.1. The lowest BCUT2D eigenvalue weighted by Gasteiger charge is -2.32. The molecule has 10 nitrogen and oxygen atoms in total. The molecule has 1 unspecified atom stereocenters. The van der Waals surface area contributed by atoms with Crippen LogP contribution in [-0.2, 0) is 31.2 Å². The Morgan fingerprint density at radius 2 is 1.91 bits per heavy atom. The summed E-state index contributed by atoms with van der Waals surface area (Å²) >= 11 is 0. The van der Waals surface area contributed by atoms with E-state index in [0.717, 1.165) is 96.2 Å². The van der Waals surface area contributed by atoms with Gasteiger partial charge in [0, 0.05) is 63.1 Å². The van der Waals surface area contributed by atoms with Crippen LogP contribution in [0.2, 0.25) is 0 Å². The monoisotopic (exact) mass is 582 g/mol. The first kappa shape index (κ1) is 29.1. The highest BCUT2D eigenvalue weighted by molar-refractivity contribution is 6.07. The maximum atomic E-state index is 13.6. The lowest BCUT2D eigenvalue weighted by molar-refractivity contribution is -0.118. The van der Waals surface area contributed by atoms with Crippen LogP contribution >= 0.6 is 0 Å². The van der Waals surface area contributed by atoms with Gasteiger partial charge in [0.05, 0.1) is 40.7 Å². The van der Waals surface area contributed by atoms with Gasteiger partial charge in [-0.2, -0.15) is 10.2 Å². The van der Waals surface area contributed by atoms with Crippen LogP contribution in [0.25, 0.3) is 10.9 Å². The first-order chi connectivity index (χ1) is 20.9. The number of benzene rings is 2. The predicted molar refractivity (Wildman–Crippen MR) is 171 cm³/mol. The summed E-state index contributed by atoms with van der Waals surface area (Å²) in [7, 11) is 4.12. The highest BCUT2D eigenvalue weighted by atomic mass is 16.5. The van der Waals surface area contributed by atoms with E-state index in [0.29, 0.717) is 19.6 Å². The molecule has 0 saturated carbocycles. The second-order valence-corrected chi connectivity index (χ2v) is 11.8. The standard InChI is InChI=1S/C33H42N8O2/c1-5-28-32-29(7-6-8-31(32)41(37-28)22-26-19-23(2)39(4)36-26)35-33(42)25-10-9-24-11-12-27(20-30(24)34-21-25)43-18-17-40-15-13-38(3)14-16-40/h6-8,11-12,19-21,25H,5,9-10,13-18,22H2,1-4H3,(H,35,42). The minimum Gasteiger partial charge on any atom is -0.492 e. The fourth-order valence-corrected chi connectivity index (χ4v) is 5.96. The summed E-state index contributed by atoms with van der Waals surface area (Å²) < 4.78 is 9.95. The SMILES string of the molecule is CCc1nn(Cc2cc(C)n(C)n2)c2cccc(NC(=O)C3C=Nc4cc(OCCN5CCN(C)CC5)ccc4CC3)c12. The van der Waals surface area contributed by atoms with Crippen molar-refractivity contribution in [3.8, 4) is 5.75 Å². The number of nitrogens with zero attached hydrogens (tertiary/aromatic N) is 7. The topological polar surface area (TPSA) is 92.8 Å². The Kier molecular flexibility index (Phi) is 8.58. The molecule has 1 fully saturated rings. The van der Waals surface area contributed by atoms with E-state index in [1.807, 2.05) is 47.6 Å². The molecule has 226 valence electrons. The van der Waals surface area contributed by atoms with Gasteiger partial charge in [-0.1, -0.05) is 19.1 Å². The van der Waals surface area contributed by atoms with Crippen molar-refractivity contribution in [2.24, 2.45) is 18.0 Å². The van der Waals surface area contributed by atoms with E-state index in [1.54, 1.807) is 6.21 Å². The van der Waals surface area contributed by atoms with Crippen molar-refractivity contribution >= 4 is 34.4 Å². The fourth-order valence-electron chi connectivity index (χ4n) is 5.96. The molecule has 2 aromatic heterocycles. The van der Waals surface area contributed by atoms with Gasteiger partial charge in [-0.05, 0) is 63.1 Å². The van der Waals surface area contributed by atoms with Crippen LogP contribution < -0.4 is 10.1 Å². The third-order valence-electron chi connectivity index (χ3n) is 8.70. The van der Waals surface area contributed by atoms with Gasteiger partial charge < -0.3 is 15.0 Å². The van der Waals surface area contributed by atoms with E-state index < -0.39 is 0 Å². The molecular formula is C33H42N8O2. The van der Waals surface area contributed by atoms with E-state index in [-0.39, 0.29) is 11.8 Å². The number of carbonyl (C=O) groups excluding carboxylic acids is 1. The Bertz CT molecular complexity index is 1610. The van der Waals surface area contributed by atoms with Gasteiger partial charge in [0.2, 0.25) is 5.91 Å². The zero-order chi connectivity index (χ0) is 29.9. The molecule has 6 rings (SSSR count). The van der Waals surface area contributed by atoms with Gasteiger partial charge >= 0.3 is 0 Å². The number of aromatic nitrogens is 4. The molecule has 4 aromatic rings. The molecule has 43 heavy (non-hydrogen) atoms. The number of rotatable bonds is 9. The Balaban J connectivity index is 1.12. The average molecular weight is 583 g/mol. The number of carbonyl (C=O) groups is 1. The van der Waals surface area contributed by atoms with Crippen molar-refractivity contribution in [3.63, 3.8) is 0 Å². The van der Waals surface area contributed by atoms with Crippen LogP contribution in [0.15, 0.2) is 47.5 Å². The Hall–Kier alpha value is -4.02. The van der Waals surface area contributed by atoms with Gasteiger partial charge in [-0.25, -0.2) is 0 Å². The van der Waals surface area contributed by atoms with Gasteiger partial charge in [0.15, 0.2) is 0 Å². The van der Waals surface area contributed by atoms with Crippen LogP contribution in [0.4, 0.5) is 11.4 Å². The highest BCUT2D eigenvalue weighted by Gasteiger charge is 2.23. The molecule has 1 saturated heterocycles. The van der Waals surface area contributed by atoms with Crippen molar-refractivity contribution < 1.29 is 9.53 Å². The maximum absolute atomic E-state index is 13.6. The molecule has 2 aliphatic rings. The van der Waals surface area contributed by atoms with Crippen LogP contribution in [0.1, 0.15) is 36.0 Å². The molecule has 0 aliphatic carbocycles. The molecule has 4 heterocycles. The van der Waals surface area contributed by atoms with Crippen LogP contribution in [0.3, 0.4) is 0 Å². The Morgan fingerprint density at radius 3 is 2.67 bits per heavy atom. The second-order valence-electron chi connectivity index (χ2n) is 11.8. The number of aliphatic imine (C=N–C) groups is 1. The molecule has 10 heteroatoms. The number of piperazine rings is 1. The third-order valence-corrected chi connectivity index (χ3v) is 8.70. The molecule has 0 spiro atoms. The summed E-state index contributed by atoms with van der Waals surface area (Å²) in [6, 6.07) is 14.2. The number of fused-ring (bicyclic) bond motifs is 2. The summed E-state index contributed by atoms with van der Waals surface area (Å²) in [6.07, 6.45) is 4.03. The summed E-state index contributed by atoms with van der Waals surface area (Å²) in [6.45, 7) is 10.7. The molecule has 2 aromatic carbocycles. The molecule has 1 amide bonds. The molecule has 2 aliphatic heterocycles. The molecule has 1 N–H and O–H groups in total. The van der Waals surface area contributed by atoms with E-state index in [4.69, 9.17) is 14.8 Å². The van der Waals surface area contributed by atoms with Gasteiger partial charge in [0.1, 0.15) is 12.4 Å². The van der Waals surface area contributed by atoms with Crippen molar-refractivity contribution in [2.45, 2.75) is 39.7 Å². The number of hydrogen-bond acceptors (Lipinski definition) is 7. The van der Waals surface area contributed by atoms with Gasteiger partial charge in [-0.15, -0.1) is 0 Å². The van der Waals surface area contributed by atoms with Crippen molar-refractivity contribution in [1.82, 2.24) is 29.4 Å². The first-order valence-electron chi connectivity index (χ1n) is 15.4. The van der Waals surface area contributed by atoms with Gasteiger partial charge in [0.25, 0.3) is 0 Å². The molecule has 1 atom stereocenters. The van der Waals surface area contributed by atoms with E-state index >= 15 is 0 Å². The molecule has 0 bridgehead atoms. The zero-order valence-electron chi connectivity index (χ0n) is 25.7. The second kappa shape index (κ2) is 12.7. The molecule has 0 radical (unpaired) electrons. The Labute approximate surface area is 253 Å². The normalized spacial score (nSPS) is 17.6. The maximum Gasteiger partial charge on any atom is 0.232 e. The summed E-state index contributed by atoms with van der Waals surface area (Å²) in [5.41, 5.74) is 6.81. The van der Waals surface area contributed by atoms with Gasteiger partial charge in [-0.3, -0.25) is 24.1 Å². The quantitative estimate of drug-likeness (QED) is 0.318. The fraction of sp³-hybridized carbons (Fsp3) is 0.455. The van der Waals surface area contributed by atoms with Crippen LogP contribution in [0.5, 0.6) is 5.75 Å². The van der Waals surface area contributed by atoms with Crippen molar-refractivity contribution in [2.75, 3.05) is 51.7 Å². The zero-order valence-corrected chi connectivity index (χ0v) is 25.7. The van der Waals surface area contributed by atoms with Crippen LogP contribution in [-0.4, -0.2) is 87.9 Å². The highest BCUT2D eigenvalue weighted by Crippen LogP contribution is 2.32. The smallest absolute Gasteiger partial charge is 0.232 e. The van der Waals surface area contributed by atoms with E-state index in [2.05, 4.69) is 52.4 Å². The largest absolute Gasteiger partial charge is 0.492 e. The minimum atomic E-state index is -0.333. The van der Waals surface area contributed by atoms with Crippen molar-refractivity contribution in [3.05, 3.63) is 65.1 Å². The molecular weight excluding hydrogens is 540 g/mol. The number of ether oxygens (including phenoxy) is 1. The van der Waals surface area contributed by atoms with Crippen LogP contribution in [0, 0.1) is 12.8 Å². The number of likely N-dealkylation sites (N-methyl/N-ethyl adjacent to an activating group) is 1. The number of aryl methyl sites for hydroxylation is 4. The first-order valence-corrected chi connectivity index (χ1v) is 15.4. The summed E-state index contributed by atoms with van der Waals surface area (Å²) in [5.74, 6) is 0.438. The number of amides is 1. The van der Waals surface area contributed by atoms with E-state index in [1.165, 1.54) is 0 Å². The minimum absolute atomic E-state index is 0.0529. The Morgan fingerprint density at radius 1 is 1.07 bits per heavy atom. The number of hydrogen-bond donors (Lipinski definition) is 1. The van der Waals surface area contributed by atoms with Crippen molar-refractivity contribution in [1.29, 1.82) is 0 Å². The number of nitrogens with one attached hydrogen (secondary N) is 1. The number of anilines is 1. The summed E-state index contributed by atoms with van der Waals surface area (Å²) in [5, 5.41) is 13.7. The van der Waals surface area contributed by atoms with E-state index in [9.17, 15) is 4.79 Å². The predicted octanol–water partition coefficient (Wildman–Crippen LogP) is 4.22. The average Bonchev–Trinajstić information content (AvgIpc) is 3.43. The third kappa shape index (κ3) is 6.50. The lowest BCUT2D eigenvalue weighted by atomic mass is 10.00. The lowest BCUT2D eigenvalue weighted by Crippen LogP contribution is -2.45.